The Morgan fingerprint density at radius 2 is 1.93 bits per heavy atom. The lowest BCUT2D eigenvalue weighted by molar-refractivity contribution is -0.147. The first-order valence-corrected chi connectivity index (χ1v) is 15.1. The fourth-order valence-electron chi connectivity index (χ4n) is 5.72. The summed E-state index contributed by atoms with van der Waals surface area (Å²) in [6, 6.07) is 5.34. The van der Waals surface area contributed by atoms with Gasteiger partial charge in [-0.25, -0.2) is 13.8 Å². The summed E-state index contributed by atoms with van der Waals surface area (Å²) < 4.78 is 50.3. The molecular weight excluding hydrogens is 578 g/mol. The molecule has 1 fully saturated rings. The van der Waals surface area contributed by atoms with E-state index < -0.39 is 46.5 Å². The van der Waals surface area contributed by atoms with E-state index in [9.17, 15) is 23.2 Å². The summed E-state index contributed by atoms with van der Waals surface area (Å²) in [5.41, 5.74) is 2.64. The topological polar surface area (TPSA) is 129 Å². The number of carboxylic acids is 1. The molecule has 5 heterocycles. The van der Waals surface area contributed by atoms with E-state index >= 15 is 0 Å². The molecular formula is C30H32F2N6O4S. The number of pyridine rings is 3. The molecule has 6 rings (SSSR count). The molecule has 2 unspecified atom stereocenters. The number of fused-ring (bicyclic) bond motifs is 2. The molecule has 0 radical (unpaired) electrons. The van der Waals surface area contributed by atoms with E-state index in [0.717, 1.165) is 29.5 Å². The number of carboxylic acid groups (broad SMARTS) is 1. The molecule has 0 saturated heterocycles. The summed E-state index contributed by atoms with van der Waals surface area (Å²) in [7, 11) is 0. The van der Waals surface area contributed by atoms with E-state index in [4.69, 9.17) is 4.74 Å². The van der Waals surface area contributed by atoms with E-state index in [1.807, 2.05) is 30.3 Å². The van der Waals surface area contributed by atoms with Crippen molar-refractivity contribution < 1.29 is 28.0 Å². The summed E-state index contributed by atoms with van der Waals surface area (Å²) in [5, 5.41) is 18.0. The quantitative estimate of drug-likeness (QED) is 0.285. The van der Waals surface area contributed by atoms with Gasteiger partial charge in [-0.1, -0.05) is 0 Å². The van der Waals surface area contributed by atoms with Gasteiger partial charge in [0.1, 0.15) is 5.60 Å². The standard InChI is InChI=1S/C30H32F2N6O4S/c1-16-10-22-27(34-12-16)42-30(7-8-30)15-37(43(22)41)14-19-11-21(33-13-17(19)2)23(29(4,5)28(39)40)20-6-9-38-25(18(20)3)35-36-26(38)24(31)32/h6,9-13,23-24H,7-8,14-15H2,1-5H3,(H,39,40). The summed E-state index contributed by atoms with van der Waals surface area (Å²) in [6.07, 6.45) is 3.70. The van der Waals surface area contributed by atoms with Crippen LogP contribution in [0.4, 0.5) is 8.78 Å². The van der Waals surface area contributed by atoms with Crippen LogP contribution in [0.2, 0.25) is 0 Å². The predicted molar refractivity (Wildman–Crippen MR) is 153 cm³/mol. The number of aryl methyl sites for hydroxylation is 3. The van der Waals surface area contributed by atoms with E-state index in [1.54, 1.807) is 39.2 Å². The molecule has 4 aromatic heterocycles. The second kappa shape index (κ2) is 10.5. The smallest absolute Gasteiger partial charge is 0.310 e. The Labute approximate surface area is 250 Å². The van der Waals surface area contributed by atoms with Crippen LogP contribution in [0.15, 0.2) is 41.7 Å². The van der Waals surface area contributed by atoms with Crippen LogP contribution < -0.4 is 4.74 Å². The van der Waals surface area contributed by atoms with Crippen LogP contribution in [0.1, 0.15) is 78.4 Å². The van der Waals surface area contributed by atoms with Crippen LogP contribution in [0, 0.1) is 26.2 Å². The Morgan fingerprint density at radius 3 is 2.60 bits per heavy atom. The van der Waals surface area contributed by atoms with Crippen LogP contribution in [-0.2, 0) is 22.7 Å². The SMILES string of the molecule is Cc1cnc2c(c1)[S+]([O-])N(Cc1cc(C(c3ccn4c(C(F)F)nnc4c3C)C(C)(C)C(=O)O)ncc1C)CC1(CC1)O2. The first kappa shape index (κ1) is 29.4. The molecule has 1 saturated carbocycles. The van der Waals surface area contributed by atoms with Gasteiger partial charge in [-0.15, -0.1) is 14.5 Å². The molecule has 1 aliphatic heterocycles. The largest absolute Gasteiger partial charge is 0.593 e. The van der Waals surface area contributed by atoms with Crippen molar-refractivity contribution in [2.24, 2.45) is 5.41 Å². The summed E-state index contributed by atoms with van der Waals surface area (Å²) in [6.45, 7) is 9.51. The Hall–Kier alpha value is -3.68. The van der Waals surface area contributed by atoms with Gasteiger partial charge in [0.2, 0.25) is 10.7 Å². The van der Waals surface area contributed by atoms with Crippen LogP contribution in [0.5, 0.6) is 5.88 Å². The molecule has 10 nitrogen and oxygen atoms in total. The van der Waals surface area contributed by atoms with Crippen molar-refractivity contribution in [2.45, 2.75) is 76.8 Å². The van der Waals surface area contributed by atoms with Gasteiger partial charge in [0.25, 0.3) is 12.3 Å². The van der Waals surface area contributed by atoms with Gasteiger partial charge in [-0.2, -0.15) is 0 Å². The molecule has 0 amide bonds. The van der Waals surface area contributed by atoms with Crippen LogP contribution >= 0.6 is 0 Å². The van der Waals surface area contributed by atoms with E-state index in [0.29, 0.717) is 40.7 Å². The molecule has 0 bridgehead atoms. The molecule has 43 heavy (non-hydrogen) atoms. The maximum absolute atomic E-state index is 13.9. The van der Waals surface area contributed by atoms with Crippen molar-refractivity contribution in [3.63, 3.8) is 0 Å². The Kier molecular flexibility index (Phi) is 7.17. The highest BCUT2D eigenvalue weighted by Crippen LogP contribution is 2.47. The minimum absolute atomic E-state index is 0.226. The van der Waals surface area contributed by atoms with Crippen molar-refractivity contribution in [1.82, 2.24) is 28.9 Å². The zero-order valence-corrected chi connectivity index (χ0v) is 25.3. The lowest BCUT2D eigenvalue weighted by atomic mass is 9.71. The number of ether oxygens (including phenoxy) is 1. The maximum atomic E-state index is 13.9. The second-order valence-corrected chi connectivity index (χ2v) is 13.5. The molecule has 0 aromatic carbocycles. The third kappa shape index (κ3) is 5.12. The number of carbonyl (C=O) groups is 1. The van der Waals surface area contributed by atoms with Gasteiger partial charge < -0.3 is 14.4 Å². The Morgan fingerprint density at radius 1 is 1.19 bits per heavy atom. The van der Waals surface area contributed by atoms with Gasteiger partial charge in [0, 0.05) is 36.3 Å². The highest BCUT2D eigenvalue weighted by Gasteiger charge is 2.53. The normalized spacial score (nSPS) is 18.9. The van der Waals surface area contributed by atoms with Crippen molar-refractivity contribution in [1.29, 1.82) is 0 Å². The molecule has 2 atom stereocenters. The molecule has 1 N–H and O–H groups in total. The summed E-state index contributed by atoms with van der Waals surface area (Å²) >= 11 is -1.54. The third-order valence-corrected chi connectivity index (χ3v) is 9.91. The zero-order valence-electron chi connectivity index (χ0n) is 24.5. The van der Waals surface area contributed by atoms with Gasteiger partial charge in [-0.3, -0.25) is 14.2 Å². The lowest BCUT2D eigenvalue weighted by Gasteiger charge is -2.32. The highest BCUT2D eigenvalue weighted by molar-refractivity contribution is 7.89. The summed E-state index contributed by atoms with van der Waals surface area (Å²) in [5.74, 6) is -1.89. The van der Waals surface area contributed by atoms with E-state index in [1.165, 1.54) is 10.6 Å². The number of rotatable bonds is 7. The number of alkyl halides is 2. The van der Waals surface area contributed by atoms with E-state index in [-0.39, 0.29) is 5.65 Å². The molecule has 4 aromatic rings. The second-order valence-electron chi connectivity index (χ2n) is 12.1. The minimum atomic E-state index is -2.82. The minimum Gasteiger partial charge on any atom is -0.593 e. The van der Waals surface area contributed by atoms with Crippen molar-refractivity contribution in [3.8, 4) is 5.88 Å². The lowest BCUT2D eigenvalue weighted by Crippen LogP contribution is -2.38. The molecule has 2 aliphatic rings. The van der Waals surface area contributed by atoms with E-state index in [2.05, 4.69) is 20.2 Å². The van der Waals surface area contributed by atoms with Crippen molar-refractivity contribution in [3.05, 3.63) is 76.1 Å². The first-order chi connectivity index (χ1) is 20.3. The molecule has 1 spiro atoms. The first-order valence-electron chi connectivity index (χ1n) is 13.9. The van der Waals surface area contributed by atoms with Crippen LogP contribution in [0.25, 0.3) is 5.65 Å². The fraction of sp³-hybridized carbons (Fsp3) is 0.433. The monoisotopic (exact) mass is 610 g/mol. The summed E-state index contributed by atoms with van der Waals surface area (Å²) in [4.78, 5) is 22.3. The predicted octanol–water partition coefficient (Wildman–Crippen LogP) is 5.07. The zero-order chi connectivity index (χ0) is 30.8. The van der Waals surface area contributed by atoms with Gasteiger partial charge in [0.05, 0.1) is 29.9 Å². The van der Waals surface area contributed by atoms with Gasteiger partial charge >= 0.3 is 5.97 Å². The third-order valence-electron chi connectivity index (χ3n) is 8.51. The number of nitrogens with zero attached hydrogens (tertiary/aromatic N) is 6. The van der Waals surface area contributed by atoms with Gasteiger partial charge in [-0.05, 0) is 87.4 Å². The number of hydrogen-bond acceptors (Lipinski definition) is 8. The Balaban J connectivity index is 1.42. The van der Waals surface area contributed by atoms with Crippen LogP contribution in [0.3, 0.4) is 0 Å². The molecule has 1 aliphatic carbocycles. The maximum Gasteiger partial charge on any atom is 0.310 e. The highest BCUT2D eigenvalue weighted by atomic mass is 32.2. The fourth-order valence-corrected chi connectivity index (χ4v) is 7.14. The molecule has 13 heteroatoms. The Bertz CT molecular complexity index is 1740. The van der Waals surface area contributed by atoms with Crippen LogP contribution in [-0.4, -0.2) is 56.6 Å². The number of hydrogen-bond donors (Lipinski definition) is 1. The van der Waals surface area contributed by atoms with Gasteiger partial charge in [0.15, 0.2) is 5.65 Å². The number of aromatic nitrogens is 5. The number of halogens is 2. The molecule has 226 valence electrons. The van der Waals surface area contributed by atoms with Crippen molar-refractivity contribution >= 4 is 23.0 Å². The average Bonchev–Trinajstić information content (AvgIpc) is 3.58. The number of aliphatic carboxylic acids is 1. The van der Waals surface area contributed by atoms with Crippen molar-refractivity contribution in [2.75, 3.05) is 6.54 Å². The average molecular weight is 611 g/mol.